The van der Waals surface area contributed by atoms with E-state index in [-0.39, 0.29) is 5.92 Å². The van der Waals surface area contributed by atoms with Crippen LogP contribution >= 0.6 is 34.8 Å². The summed E-state index contributed by atoms with van der Waals surface area (Å²) in [5.74, 6) is -0.262. The Kier molecular flexibility index (Phi) is 5.14. The number of rotatable bonds is 4. The first-order valence-corrected chi connectivity index (χ1v) is 7.08. The van der Waals surface area contributed by atoms with Crippen molar-refractivity contribution < 1.29 is 0 Å². The fraction of sp³-hybridized carbons (Fsp3) is 0.133. The first-order chi connectivity index (χ1) is 9.61. The molecule has 1 unspecified atom stereocenters. The third kappa shape index (κ3) is 3.58. The summed E-state index contributed by atoms with van der Waals surface area (Å²) >= 11 is 17.9. The maximum Gasteiger partial charge on any atom is 0.0885 e. The highest BCUT2D eigenvalue weighted by Crippen LogP contribution is 2.32. The molecule has 0 aliphatic carbocycles. The van der Waals surface area contributed by atoms with Crippen LogP contribution in [0.4, 0.5) is 5.69 Å². The van der Waals surface area contributed by atoms with E-state index in [1.807, 2.05) is 30.3 Å². The van der Waals surface area contributed by atoms with Gasteiger partial charge in [0.05, 0.1) is 32.7 Å². The normalized spacial score (nSPS) is 11.7. The van der Waals surface area contributed by atoms with Crippen molar-refractivity contribution in [2.75, 3.05) is 11.9 Å². The van der Waals surface area contributed by atoms with Crippen LogP contribution in [-0.2, 0) is 0 Å². The molecule has 5 heteroatoms. The summed E-state index contributed by atoms with van der Waals surface area (Å²) in [6, 6.07) is 15.1. The van der Waals surface area contributed by atoms with E-state index in [2.05, 4.69) is 11.4 Å². The summed E-state index contributed by atoms with van der Waals surface area (Å²) in [7, 11) is 0. The van der Waals surface area contributed by atoms with Crippen molar-refractivity contribution in [3.8, 4) is 6.07 Å². The minimum atomic E-state index is -0.262. The van der Waals surface area contributed by atoms with Crippen molar-refractivity contribution in [1.82, 2.24) is 0 Å². The minimum absolute atomic E-state index is 0.262. The fourth-order valence-electron chi connectivity index (χ4n) is 1.79. The number of nitrogens with one attached hydrogen (secondary N) is 1. The average molecular weight is 326 g/mol. The molecule has 0 aromatic heterocycles. The molecular formula is C15H11Cl3N2. The zero-order valence-electron chi connectivity index (χ0n) is 10.4. The topological polar surface area (TPSA) is 35.8 Å². The van der Waals surface area contributed by atoms with Crippen LogP contribution in [0.15, 0.2) is 42.5 Å². The van der Waals surface area contributed by atoms with E-state index in [4.69, 9.17) is 34.8 Å². The molecule has 1 atom stereocenters. The molecule has 0 fully saturated rings. The van der Waals surface area contributed by atoms with Crippen molar-refractivity contribution in [3.05, 3.63) is 63.1 Å². The Morgan fingerprint density at radius 1 is 1.00 bits per heavy atom. The van der Waals surface area contributed by atoms with Crippen LogP contribution < -0.4 is 5.32 Å². The first-order valence-electron chi connectivity index (χ1n) is 5.95. The van der Waals surface area contributed by atoms with Crippen LogP contribution in [0.5, 0.6) is 0 Å². The lowest BCUT2D eigenvalue weighted by Gasteiger charge is -2.13. The maximum atomic E-state index is 9.26. The number of nitrogens with zero attached hydrogens (tertiary/aromatic N) is 1. The molecule has 0 heterocycles. The molecule has 2 rings (SSSR count). The third-order valence-corrected chi connectivity index (χ3v) is 3.90. The van der Waals surface area contributed by atoms with Crippen LogP contribution in [0.3, 0.4) is 0 Å². The monoisotopic (exact) mass is 324 g/mol. The standard InChI is InChI=1S/C15H11Cl3N2/c16-12-6-14(18)15(7-13(12)17)20-9-11(8-19)10-4-2-1-3-5-10/h1-7,11,20H,9H2. The van der Waals surface area contributed by atoms with E-state index in [0.29, 0.717) is 27.3 Å². The number of hydrogen-bond acceptors (Lipinski definition) is 2. The molecule has 0 saturated heterocycles. The number of benzene rings is 2. The van der Waals surface area contributed by atoms with Crippen LogP contribution in [0.1, 0.15) is 11.5 Å². The van der Waals surface area contributed by atoms with Gasteiger partial charge in [-0.2, -0.15) is 5.26 Å². The summed E-state index contributed by atoms with van der Waals surface area (Å²) in [4.78, 5) is 0. The van der Waals surface area contributed by atoms with Gasteiger partial charge in [0, 0.05) is 6.54 Å². The smallest absolute Gasteiger partial charge is 0.0885 e. The highest BCUT2D eigenvalue weighted by Gasteiger charge is 2.12. The second-order valence-corrected chi connectivity index (χ2v) is 5.44. The average Bonchev–Trinajstić information content (AvgIpc) is 2.46. The van der Waals surface area contributed by atoms with Crippen LogP contribution in [0.25, 0.3) is 0 Å². The lowest BCUT2D eigenvalue weighted by Crippen LogP contribution is -2.11. The van der Waals surface area contributed by atoms with Gasteiger partial charge in [-0.1, -0.05) is 65.1 Å². The quantitative estimate of drug-likeness (QED) is 0.767. The lowest BCUT2D eigenvalue weighted by molar-refractivity contribution is 0.901. The van der Waals surface area contributed by atoms with Gasteiger partial charge in [-0.05, 0) is 17.7 Å². The molecule has 0 aliphatic rings. The Bertz CT molecular complexity index is 636. The fourth-order valence-corrected chi connectivity index (χ4v) is 2.41. The highest BCUT2D eigenvalue weighted by molar-refractivity contribution is 6.44. The molecule has 0 amide bonds. The maximum absolute atomic E-state index is 9.26. The van der Waals surface area contributed by atoms with Gasteiger partial charge < -0.3 is 5.32 Å². The molecule has 2 nitrogen and oxygen atoms in total. The largest absolute Gasteiger partial charge is 0.382 e. The molecule has 0 saturated carbocycles. The summed E-state index contributed by atoms with van der Waals surface area (Å²) in [6.07, 6.45) is 0. The van der Waals surface area contributed by atoms with E-state index in [1.165, 1.54) is 0 Å². The molecule has 2 aromatic carbocycles. The van der Waals surface area contributed by atoms with Gasteiger partial charge in [0.15, 0.2) is 0 Å². The number of nitriles is 1. The minimum Gasteiger partial charge on any atom is -0.382 e. The van der Waals surface area contributed by atoms with Crippen LogP contribution in [0, 0.1) is 11.3 Å². The molecule has 0 bridgehead atoms. The first kappa shape index (κ1) is 15.0. The van der Waals surface area contributed by atoms with Crippen molar-refractivity contribution in [2.24, 2.45) is 0 Å². The Morgan fingerprint density at radius 3 is 2.30 bits per heavy atom. The zero-order chi connectivity index (χ0) is 14.5. The number of halogens is 3. The highest BCUT2D eigenvalue weighted by atomic mass is 35.5. The van der Waals surface area contributed by atoms with Gasteiger partial charge in [0.2, 0.25) is 0 Å². The molecule has 2 aromatic rings. The van der Waals surface area contributed by atoms with Gasteiger partial charge in [-0.25, -0.2) is 0 Å². The van der Waals surface area contributed by atoms with Crippen molar-refractivity contribution in [1.29, 1.82) is 5.26 Å². The molecule has 0 spiro atoms. The Balaban J connectivity index is 2.12. The van der Waals surface area contributed by atoms with Crippen LogP contribution in [-0.4, -0.2) is 6.54 Å². The van der Waals surface area contributed by atoms with Crippen molar-refractivity contribution in [3.63, 3.8) is 0 Å². The van der Waals surface area contributed by atoms with E-state index in [0.717, 1.165) is 5.56 Å². The summed E-state index contributed by atoms with van der Waals surface area (Å²) in [6.45, 7) is 0.443. The summed E-state index contributed by atoms with van der Waals surface area (Å²) < 4.78 is 0. The third-order valence-electron chi connectivity index (χ3n) is 2.86. The van der Waals surface area contributed by atoms with Gasteiger partial charge >= 0.3 is 0 Å². The summed E-state index contributed by atoms with van der Waals surface area (Å²) in [5, 5.41) is 13.7. The Labute approximate surface area is 132 Å². The predicted octanol–water partition coefficient (Wildman–Crippen LogP) is 5.37. The number of hydrogen-bond donors (Lipinski definition) is 1. The lowest BCUT2D eigenvalue weighted by atomic mass is 10.0. The molecule has 1 N–H and O–H groups in total. The van der Waals surface area contributed by atoms with Crippen LogP contribution in [0.2, 0.25) is 15.1 Å². The SMILES string of the molecule is N#CC(CNc1cc(Cl)c(Cl)cc1Cl)c1ccccc1. The number of anilines is 1. The zero-order valence-corrected chi connectivity index (χ0v) is 12.7. The molecule has 20 heavy (non-hydrogen) atoms. The van der Waals surface area contributed by atoms with E-state index in [9.17, 15) is 5.26 Å². The summed E-state index contributed by atoms with van der Waals surface area (Å²) in [5.41, 5.74) is 1.62. The van der Waals surface area contributed by atoms with Gasteiger partial charge in [0.1, 0.15) is 0 Å². The van der Waals surface area contributed by atoms with Crippen molar-refractivity contribution in [2.45, 2.75) is 5.92 Å². The molecule has 0 radical (unpaired) electrons. The van der Waals surface area contributed by atoms with Gasteiger partial charge in [-0.3, -0.25) is 0 Å². The predicted molar refractivity (Wildman–Crippen MR) is 84.8 cm³/mol. The Hall–Kier alpha value is -1.40. The second kappa shape index (κ2) is 6.85. The molecule has 102 valence electrons. The van der Waals surface area contributed by atoms with E-state index < -0.39 is 0 Å². The molecule has 0 aliphatic heterocycles. The van der Waals surface area contributed by atoms with Gasteiger partial charge in [0.25, 0.3) is 0 Å². The second-order valence-electron chi connectivity index (χ2n) is 4.22. The Morgan fingerprint density at radius 2 is 1.65 bits per heavy atom. The van der Waals surface area contributed by atoms with Gasteiger partial charge in [-0.15, -0.1) is 0 Å². The van der Waals surface area contributed by atoms with Crippen molar-refractivity contribution >= 4 is 40.5 Å². The van der Waals surface area contributed by atoms with E-state index >= 15 is 0 Å². The van der Waals surface area contributed by atoms with E-state index in [1.54, 1.807) is 12.1 Å². The molecular weight excluding hydrogens is 315 g/mol.